The topological polar surface area (TPSA) is 58.7 Å². The first-order valence-electron chi connectivity index (χ1n) is 13.1. The number of allylic oxidation sites excluding steroid dienone is 1. The summed E-state index contributed by atoms with van der Waals surface area (Å²) < 4.78 is 32.9. The second-order valence-corrected chi connectivity index (χ2v) is 10.9. The van der Waals surface area contributed by atoms with E-state index in [1.165, 1.54) is 35.6 Å². The molecule has 2 aromatic heterocycles. The molecule has 8 heteroatoms. The van der Waals surface area contributed by atoms with Gasteiger partial charge in [0.05, 0.1) is 23.0 Å². The number of aromatic nitrogens is 1. The lowest BCUT2D eigenvalue weighted by atomic mass is 9.77. The van der Waals surface area contributed by atoms with E-state index in [1.807, 2.05) is 28.6 Å². The number of nitrogens with zero attached hydrogens (tertiary/aromatic N) is 3. The van der Waals surface area contributed by atoms with Crippen molar-refractivity contribution in [1.29, 1.82) is 0 Å². The smallest absolute Gasteiger partial charge is 0.345 e. The van der Waals surface area contributed by atoms with Crippen LogP contribution in [-0.2, 0) is 0 Å². The van der Waals surface area contributed by atoms with Gasteiger partial charge < -0.3 is 4.42 Å². The molecule has 0 radical (unpaired) electrons. The van der Waals surface area contributed by atoms with Gasteiger partial charge in [-0.2, -0.15) is 5.10 Å². The summed E-state index contributed by atoms with van der Waals surface area (Å²) in [7, 11) is 0. The zero-order valence-corrected chi connectivity index (χ0v) is 22.1. The first kappa shape index (κ1) is 24.6. The summed E-state index contributed by atoms with van der Waals surface area (Å²) >= 11 is 1.40. The number of halogens is 2. The SMILES string of the molecule is O=c1oc2ccccc2cc1-c1csc(N2N=C3/C(=C\c4ccc(F)cc4)CCC[C@H]3[C@H]2c2ccc(F)cc2)n1. The van der Waals surface area contributed by atoms with Crippen molar-refractivity contribution in [3.63, 3.8) is 0 Å². The zero-order chi connectivity index (χ0) is 27.2. The molecular weight excluding hydrogens is 528 g/mol. The number of para-hydroxylation sites is 1. The van der Waals surface area contributed by atoms with Crippen LogP contribution in [0.2, 0.25) is 0 Å². The van der Waals surface area contributed by atoms with Crippen molar-refractivity contribution in [3.05, 3.63) is 123 Å². The van der Waals surface area contributed by atoms with E-state index in [1.54, 1.807) is 36.4 Å². The molecule has 40 heavy (non-hydrogen) atoms. The molecule has 198 valence electrons. The number of hydrogen-bond acceptors (Lipinski definition) is 6. The predicted octanol–water partition coefficient (Wildman–Crippen LogP) is 8.00. The number of benzene rings is 3. The highest BCUT2D eigenvalue weighted by Crippen LogP contribution is 2.47. The molecule has 0 N–H and O–H groups in total. The van der Waals surface area contributed by atoms with E-state index in [0.717, 1.165) is 47.1 Å². The van der Waals surface area contributed by atoms with Crippen LogP contribution >= 0.6 is 11.3 Å². The number of anilines is 1. The van der Waals surface area contributed by atoms with E-state index in [-0.39, 0.29) is 23.6 Å². The summed E-state index contributed by atoms with van der Waals surface area (Å²) in [4.78, 5) is 17.7. The third kappa shape index (κ3) is 4.44. The summed E-state index contributed by atoms with van der Waals surface area (Å²) in [5.74, 6) is -0.497. The van der Waals surface area contributed by atoms with Gasteiger partial charge in [0.25, 0.3) is 0 Å². The van der Waals surface area contributed by atoms with Crippen LogP contribution in [-0.4, -0.2) is 10.7 Å². The molecule has 1 saturated carbocycles. The number of fused-ring (bicyclic) bond motifs is 2. The molecule has 0 unspecified atom stereocenters. The molecule has 0 saturated heterocycles. The summed E-state index contributed by atoms with van der Waals surface area (Å²) in [6.07, 6.45) is 4.83. The molecular formula is C32H23F2N3O2S. The van der Waals surface area contributed by atoms with Gasteiger partial charge in [-0.3, -0.25) is 0 Å². The van der Waals surface area contributed by atoms with Crippen LogP contribution < -0.4 is 10.6 Å². The van der Waals surface area contributed by atoms with E-state index in [0.29, 0.717) is 22.0 Å². The van der Waals surface area contributed by atoms with Gasteiger partial charge >= 0.3 is 5.63 Å². The largest absolute Gasteiger partial charge is 0.422 e. The highest BCUT2D eigenvalue weighted by Gasteiger charge is 2.43. The summed E-state index contributed by atoms with van der Waals surface area (Å²) in [5, 5.41) is 10.3. The molecule has 3 aromatic carbocycles. The Morgan fingerprint density at radius 2 is 1.73 bits per heavy atom. The molecule has 1 aliphatic carbocycles. The molecule has 5 aromatic rings. The summed E-state index contributed by atoms with van der Waals surface area (Å²) in [6, 6.07) is 22.0. The fourth-order valence-electron chi connectivity index (χ4n) is 5.65. The van der Waals surface area contributed by atoms with Crippen molar-refractivity contribution in [2.75, 3.05) is 5.01 Å². The maximum Gasteiger partial charge on any atom is 0.345 e. The number of hydrazone groups is 1. The quantitative estimate of drug-likeness (QED) is 0.212. The molecule has 0 amide bonds. The van der Waals surface area contributed by atoms with E-state index in [9.17, 15) is 13.6 Å². The summed E-state index contributed by atoms with van der Waals surface area (Å²) in [6.45, 7) is 0. The van der Waals surface area contributed by atoms with Crippen molar-refractivity contribution in [3.8, 4) is 11.3 Å². The maximum absolute atomic E-state index is 13.9. The van der Waals surface area contributed by atoms with Crippen LogP contribution in [0.3, 0.4) is 0 Å². The van der Waals surface area contributed by atoms with Crippen LogP contribution in [0.15, 0.2) is 104 Å². The molecule has 2 atom stereocenters. The van der Waals surface area contributed by atoms with Crippen molar-refractivity contribution < 1.29 is 13.2 Å². The first-order chi connectivity index (χ1) is 19.5. The molecule has 0 spiro atoms. The first-order valence-corrected chi connectivity index (χ1v) is 14.0. The third-order valence-electron chi connectivity index (χ3n) is 7.53. The van der Waals surface area contributed by atoms with Gasteiger partial charge in [0.15, 0.2) is 0 Å². The number of hydrogen-bond donors (Lipinski definition) is 0. The van der Waals surface area contributed by atoms with Crippen LogP contribution in [0.5, 0.6) is 0 Å². The number of thiazole rings is 1. The van der Waals surface area contributed by atoms with Gasteiger partial charge in [-0.25, -0.2) is 23.6 Å². The van der Waals surface area contributed by atoms with Crippen LogP contribution in [0.4, 0.5) is 13.9 Å². The van der Waals surface area contributed by atoms with E-state index < -0.39 is 5.63 Å². The Bertz CT molecular complexity index is 1840. The highest BCUT2D eigenvalue weighted by atomic mass is 32.1. The van der Waals surface area contributed by atoms with Gasteiger partial charge in [0.1, 0.15) is 17.2 Å². The predicted molar refractivity (Wildman–Crippen MR) is 154 cm³/mol. The molecule has 7 rings (SSSR count). The van der Waals surface area contributed by atoms with E-state index in [4.69, 9.17) is 14.5 Å². The van der Waals surface area contributed by atoms with Crippen LogP contribution in [0, 0.1) is 17.6 Å². The molecule has 3 heterocycles. The van der Waals surface area contributed by atoms with Crippen LogP contribution in [0.1, 0.15) is 36.4 Å². The van der Waals surface area contributed by atoms with Gasteiger partial charge in [-0.15, -0.1) is 11.3 Å². The second-order valence-electron chi connectivity index (χ2n) is 10.0. The van der Waals surface area contributed by atoms with Gasteiger partial charge in [-0.1, -0.05) is 42.5 Å². The van der Waals surface area contributed by atoms with Crippen molar-refractivity contribution in [2.24, 2.45) is 11.0 Å². The highest BCUT2D eigenvalue weighted by molar-refractivity contribution is 7.14. The second kappa shape index (κ2) is 9.95. The minimum atomic E-state index is -0.448. The molecule has 1 aliphatic heterocycles. The average Bonchev–Trinajstić information content (AvgIpc) is 3.60. The lowest BCUT2D eigenvalue weighted by molar-refractivity contribution is 0.486. The Morgan fingerprint density at radius 3 is 2.52 bits per heavy atom. The Hall–Kier alpha value is -4.43. The fraction of sp³-hybridized carbons (Fsp3) is 0.156. The van der Waals surface area contributed by atoms with Crippen molar-refractivity contribution >= 4 is 39.2 Å². The maximum atomic E-state index is 13.9. The van der Waals surface area contributed by atoms with E-state index in [2.05, 4.69) is 6.08 Å². The third-order valence-corrected chi connectivity index (χ3v) is 8.36. The van der Waals surface area contributed by atoms with Gasteiger partial charge in [0.2, 0.25) is 5.13 Å². The normalized spacial score (nSPS) is 19.7. The Balaban J connectivity index is 1.31. The molecule has 1 fully saturated rings. The lowest BCUT2D eigenvalue weighted by Crippen LogP contribution is -2.28. The standard InChI is InChI=1S/C32H23F2N3O2S/c33-23-12-8-19(9-13-23)16-22-5-3-6-25-29(22)36-37(30(25)20-10-14-24(34)15-11-20)32-35-27(18-40-32)26-17-21-4-1-2-7-28(21)39-31(26)38/h1-2,4,7-18,25,30H,3,5-6H2/b22-16-/t25-,30-/m1/s1. The Kier molecular flexibility index (Phi) is 6.12. The molecule has 0 bridgehead atoms. The zero-order valence-electron chi connectivity index (χ0n) is 21.3. The lowest BCUT2D eigenvalue weighted by Gasteiger charge is -2.29. The van der Waals surface area contributed by atoms with Crippen molar-refractivity contribution in [2.45, 2.75) is 25.3 Å². The van der Waals surface area contributed by atoms with Gasteiger partial charge in [0, 0.05) is 16.7 Å². The van der Waals surface area contributed by atoms with Crippen molar-refractivity contribution in [1.82, 2.24) is 4.98 Å². The van der Waals surface area contributed by atoms with Gasteiger partial charge in [-0.05, 0) is 78.4 Å². The fourth-order valence-corrected chi connectivity index (χ4v) is 6.46. The minimum Gasteiger partial charge on any atom is -0.422 e. The average molecular weight is 552 g/mol. The van der Waals surface area contributed by atoms with E-state index >= 15 is 0 Å². The number of rotatable bonds is 4. The molecule has 2 aliphatic rings. The Labute approximate surface area is 232 Å². The van der Waals surface area contributed by atoms with Crippen LogP contribution in [0.25, 0.3) is 28.3 Å². The Morgan fingerprint density at radius 1 is 0.975 bits per heavy atom. The minimum absolute atomic E-state index is 0.0731. The summed E-state index contributed by atoms with van der Waals surface area (Å²) in [5.41, 5.74) is 4.91. The monoisotopic (exact) mass is 551 g/mol. The molecule has 5 nitrogen and oxygen atoms in total.